The number of hydrogen-bond donors (Lipinski definition) is 2. The second kappa shape index (κ2) is 10.5. The molecule has 7 heteroatoms. The van der Waals surface area contributed by atoms with E-state index in [2.05, 4.69) is 41.5 Å². The summed E-state index contributed by atoms with van der Waals surface area (Å²) >= 11 is 0. The number of amides is 1. The van der Waals surface area contributed by atoms with E-state index in [-0.39, 0.29) is 37.1 Å². The molecule has 32 heavy (non-hydrogen) atoms. The highest BCUT2D eigenvalue weighted by Crippen LogP contribution is 2.42. The second-order valence-electron chi connectivity index (χ2n) is 8.80. The summed E-state index contributed by atoms with van der Waals surface area (Å²) in [7, 11) is 0. The number of nitrogens with zero attached hydrogens (tertiary/aromatic N) is 2. The van der Waals surface area contributed by atoms with Crippen LogP contribution in [0.15, 0.2) is 52.7 Å². The van der Waals surface area contributed by atoms with Crippen LogP contribution in [0.4, 0.5) is 0 Å². The Hall–Kier alpha value is -2.38. The molecule has 4 N–H and O–H groups in total. The van der Waals surface area contributed by atoms with E-state index >= 15 is 0 Å². The van der Waals surface area contributed by atoms with Crippen LogP contribution in [0.25, 0.3) is 0 Å². The number of carbonyl (C=O) groups excluding carboxylic acids is 1. The van der Waals surface area contributed by atoms with Gasteiger partial charge in [0.15, 0.2) is 5.96 Å². The Labute approximate surface area is 193 Å². The Morgan fingerprint density at radius 3 is 2.66 bits per heavy atom. The Bertz CT molecular complexity index is 841. The van der Waals surface area contributed by atoms with Gasteiger partial charge in [-0.25, -0.2) is 4.99 Å². The first-order valence-corrected chi connectivity index (χ1v) is 11.7. The first-order valence-electron chi connectivity index (χ1n) is 11.7. The van der Waals surface area contributed by atoms with Crippen LogP contribution >= 0.6 is 0 Å². The number of allylic oxidation sites excluding steroid dienone is 4. The number of aliphatic imine (C=N–C) groups is 1. The van der Waals surface area contributed by atoms with Gasteiger partial charge in [0.1, 0.15) is 6.04 Å². The summed E-state index contributed by atoms with van der Waals surface area (Å²) in [5.41, 5.74) is 1.73. The summed E-state index contributed by atoms with van der Waals surface area (Å²) in [6.07, 6.45) is 17.0. The van der Waals surface area contributed by atoms with Crippen LogP contribution in [0.5, 0.6) is 0 Å². The highest BCUT2D eigenvalue weighted by molar-refractivity contribution is 5.98. The number of ether oxygens (including phenoxy) is 1. The van der Waals surface area contributed by atoms with E-state index < -0.39 is 0 Å². The Balaban J connectivity index is 0.000000939. The highest BCUT2D eigenvalue weighted by atomic mass is 16.5. The van der Waals surface area contributed by atoms with Gasteiger partial charge in [0.05, 0.1) is 17.8 Å². The van der Waals surface area contributed by atoms with Gasteiger partial charge in [-0.2, -0.15) is 0 Å². The molecule has 0 aromatic carbocycles. The zero-order chi connectivity index (χ0) is 22.0. The average molecular weight is 444 g/mol. The predicted octanol–water partition coefficient (Wildman–Crippen LogP) is 2.54. The third kappa shape index (κ3) is 4.84. The van der Waals surface area contributed by atoms with E-state index in [0.717, 1.165) is 43.4 Å². The quantitative estimate of drug-likeness (QED) is 0.655. The number of carbonyl (C=O) groups is 1. The number of morpholine rings is 1. The maximum Gasteiger partial charge on any atom is 0.251 e. The lowest BCUT2D eigenvalue weighted by Gasteiger charge is -2.41. The van der Waals surface area contributed by atoms with Crippen LogP contribution in [-0.4, -0.2) is 59.6 Å². The highest BCUT2D eigenvalue weighted by Gasteiger charge is 2.42. The van der Waals surface area contributed by atoms with Gasteiger partial charge in [-0.15, -0.1) is 0 Å². The van der Waals surface area contributed by atoms with Gasteiger partial charge in [-0.1, -0.05) is 44.2 Å². The van der Waals surface area contributed by atoms with E-state index in [1.165, 1.54) is 0 Å². The molecule has 1 amide bonds. The molecule has 2 heterocycles. The molecule has 5 aliphatic rings. The molecule has 7 nitrogen and oxygen atoms in total. The van der Waals surface area contributed by atoms with Crippen LogP contribution < -0.4 is 10.6 Å². The van der Waals surface area contributed by atoms with Crippen molar-refractivity contribution in [3.8, 4) is 0 Å². The van der Waals surface area contributed by atoms with Gasteiger partial charge >= 0.3 is 0 Å². The molecular formula is C25H39N4O3. The van der Waals surface area contributed by atoms with Gasteiger partial charge in [-0.05, 0) is 38.2 Å². The zero-order valence-electron chi connectivity index (χ0n) is 19.5. The van der Waals surface area contributed by atoms with Crippen LogP contribution in [-0.2, 0) is 9.53 Å². The first kappa shape index (κ1) is 24.3. The lowest BCUT2D eigenvalue weighted by molar-refractivity contribution is -0.119. The molecule has 177 valence electrons. The Kier molecular flexibility index (Phi) is 7.96. The fourth-order valence-electron chi connectivity index (χ4n) is 5.12. The smallest absolute Gasteiger partial charge is 0.251 e. The summed E-state index contributed by atoms with van der Waals surface area (Å²) in [6, 6.07) is -0.0384. The summed E-state index contributed by atoms with van der Waals surface area (Å²) in [4.78, 5) is 20.3. The third-order valence-corrected chi connectivity index (χ3v) is 6.57. The van der Waals surface area contributed by atoms with Crippen LogP contribution in [0.3, 0.4) is 0 Å². The lowest BCUT2D eigenvalue weighted by Crippen LogP contribution is -2.54. The molecule has 1 radical (unpaired) electrons. The van der Waals surface area contributed by atoms with Crippen molar-refractivity contribution in [2.75, 3.05) is 13.1 Å². The molecule has 2 fully saturated rings. The zero-order valence-corrected chi connectivity index (χ0v) is 19.5. The summed E-state index contributed by atoms with van der Waals surface area (Å²) < 4.78 is 5.85. The molecule has 2 aliphatic heterocycles. The normalized spacial score (nSPS) is 34.5. The minimum absolute atomic E-state index is 0. The molecule has 0 aromatic heterocycles. The van der Waals surface area contributed by atoms with E-state index in [4.69, 9.17) is 9.73 Å². The van der Waals surface area contributed by atoms with Gasteiger partial charge in [0, 0.05) is 39.1 Å². The molecule has 0 aromatic rings. The predicted molar refractivity (Wildman–Crippen MR) is 130 cm³/mol. The van der Waals surface area contributed by atoms with Crippen molar-refractivity contribution in [3.63, 3.8) is 0 Å². The number of fused-ring (bicyclic) bond motifs is 1. The number of hydrogen-bond acceptors (Lipinski definition) is 5. The monoisotopic (exact) mass is 443 g/mol. The van der Waals surface area contributed by atoms with E-state index in [1.54, 1.807) is 0 Å². The van der Waals surface area contributed by atoms with Gasteiger partial charge in [0.2, 0.25) is 0 Å². The fraction of sp³-hybridized carbons (Fsp3) is 0.560. The summed E-state index contributed by atoms with van der Waals surface area (Å²) in [6.45, 7) is 9.74. The molecular weight excluding hydrogens is 404 g/mol. The summed E-state index contributed by atoms with van der Waals surface area (Å²) in [5, 5.41) is 6.55. The Morgan fingerprint density at radius 2 is 2.00 bits per heavy atom. The van der Waals surface area contributed by atoms with Crippen LogP contribution in [0.1, 0.15) is 42.0 Å². The molecule has 4 unspecified atom stereocenters. The standard InChI is InChI=1S/C23H29N4O2.C2H6.H2O.H2/c1-14-12-27(13-15(2)29-14)23-24-11-19(21(26-23)16-6-3-4-7-16)22(28)25-20-10-17-8-5-9-18(17)20;1-2;;/h3-7,9,11,14-15,17-18,20-21H,8,10,12-13H2,1-2H3,(H,24,26)(H,25,28);1-2H3;1H2;1H/t14-,15+,17?,18?,20?,21?;;;. The minimum Gasteiger partial charge on any atom is -0.412 e. The van der Waals surface area contributed by atoms with Gasteiger partial charge < -0.3 is 25.7 Å². The molecule has 5 rings (SSSR count). The number of nitrogens with one attached hydrogen (secondary N) is 2. The van der Waals surface area contributed by atoms with Crippen molar-refractivity contribution < 1.29 is 16.4 Å². The van der Waals surface area contributed by atoms with Crippen molar-refractivity contribution in [1.29, 1.82) is 0 Å². The molecule has 1 saturated carbocycles. The maximum atomic E-state index is 13.1. The van der Waals surface area contributed by atoms with Gasteiger partial charge in [0.25, 0.3) is 5.91 Å². The molecule has 6 atom stereocenters. The number of guanidine groups is 1. The van der Waals surface area contributed by atoms with E-state index in [0.29, 0.717) is 11.5 Å². The second-order valence-corrected chi connectivity index (χ2v) is 8.80. The molecule has 1 saturated heterocycles. The molecule has 0 bridgehead atoms. The topological polar surface area (TPSA) is 97.5 Å². The SMILES string of the molecule is CC.C[C@@H]1CN(C2=NC(C3=CC=C[CH]3)C(C(=O)NC3CC4CC=CC43)=CN2)C[C@H](C)O1.O.[HH]. The number of rotatable bonds is 3. The van der Waals surface area contributed by atoms with Gasteiger partial charge in [-0.3, -0.25) is 4.79 Å². The largest absolute Gasteiger partial charge is 0.412 e. The van der Waals surface area contributed by atoms with Crippen molar-refractivity contribution in [2.24, 2.45) is 16.8 Å². The van der Waals surface area contributed by atoms with Crippen LogP contribution in [0, 0.1) is 18.3 Å². The van der Waals surface area contributed by atoms with Crippen LogP contribution in [0.2, 0.25) is 0 Å². The molecule has 3 aliphatic carbocycles. The first-order chi connectivity index (χ1) is 15.1. The average Bonchev–Trinajstić information content (AvgIpc) is 3.42. The third-order valence-electron chi connectivity index (χ3n) is 6.57. The van der Waals surface area contributed by atoms with Crippen molar-refractivity contribution >= 4 is 11.9 Å². The Morgan fingerprint density at radius 1 is 1.25 bits per heavy atom. The van der Waals surface area contributed by atoms with Crippen molar-refractivity contribution in [3.05, 3.63) is 54.1 Å². The maximum absolute atomic E-state index is 13.1. The van der Waals surface area contributed by atoms with E-state index in [1.807, 2.05) is 44.7 Å². The summed E-state index contributed by atoms with van der Waals surface area (Å²) in [5.74, 6) is 2.03. The molecule has 0 spiro atoms. The van der Waals surface area contributed by atoms with Crippen molar-refractivity contribution in [1.82, 2.24) is 15.5 Å². The van der Waals surface area contributed by atoms with Crippen molar-refractivity contribution in [2.45, 2.75) is 64.8 Å². The fourth-order valence-corrected chi connectivity index (χ4v) is 5.12. The lowest BCUT2D eigenvalue weighted by atomic mass is 9.71. The minimum atomic E-state index is -0.287. The van der Waals surface area contributed by atoms with E-state index in [9.17, 15) is 4.79 Å².